The maximum absolute atomic E-state index is 12.0. The van der Waals surface area contributed by atoms with Crippen LogP contribution in [-0.4, -0.2) is 29.4 Å². The maximum Gasteiger partial charge on any atom is 0.299 e. The minimum atomic E-state index is -0.916. The van der Waals surface area contributed by atoms with Crippen LogP contribution in [0.25, 0.3) is 0 Å². The van der Waals surface area contributed by atoms with Gasteiger partial charge in [0.05, 0.1) is 17.5 Å². The number of ketones is 1. The van der Waals surface area contributed by atoms with E-state index in [9.17, 15) is 24.0 Å². The third-order valence-corrected chi connectivity index (χ3v) is 6.50. The smallest absolute Gasteiger partial charge is 0.299 e. The summed E-state index contributed by atoms with van der Waals surface area (Å²) in [5.74, 6) is -0.953. The largest absolute Gasteiger partial charge is 0.456 e. The van der Waals surface area contributed by atoms with Crippen molar-refractivity contribution in [3.8, 4) is 23.0 Å². The summed E-state index contributed by atoms with van der Waals surface area (Å²) in [6.45, 7) is 3.81. The zero-order chi connectivity index (χ0) is 29.1. The van der Waals surface area contributed by atoms with E-state index in [0.717, 1.165) is 11.1 Å². The molecule has 2 aliphatic heterocycles. The first kappa shape index (κ1) is 27.0. The predicted molar refractivity (Wildman–Crippen MR) is 148 cm³/mol. The molecule has 4 aromatic carbocycles. The molecule has 9 heteroatoms. The van der Waals surface area contributed by atoms with Crippen molar-refractivity contribution in [3.63, 3.8) is 0 Å². The molecule has 0 bridgehead atoms. The van der Waals surface area contributed by atoms with Gasteiger partial charge >= 0.3 is 0 Å². The van der Waals surface area contributed by atoms with Gasteiger partial charge in [0.25, 0.3) is 23.5 Å². The topological polar surface area (TPSA) is 128 Å². The Kier molecular flexibility index (Phi) is 7.43. The number of hydrogen-bond acceptors (Lipinski definition) is 7. The Morgan fingerprint density at radius 2 is 1.05 bits per heavy atom. The Bertz CT molecular complexity index is 1740. The Morgan fingerprint density at radius 3 is 1.66 bits per heavy atom. The first-order chi connectivity index (χ1) is 19.7. The summed E-state index contributed by atoms with van der Waals surface area (Å²) in [7, 11) is 0. The average molecular weight is 549 g/mol. The van der Waals surface area contributed by atoms with E-state index in [2.05, 4.69) is 5.32 Å². The highest BCUT2D eigenvalue weighted by Gasteiger charge is 2.33. The van der Waals surface area contributed by atoms with Crippen molar-refractivity contribution in [3.05, 3.63) is 118 Å². The standard InChI is InChI=1S/C16H11NO4.C16H13NO3/c1-9-5-2-3-7-11(9)21-12-8-4-6-10-13(12)15(19)17-16(20)14(10)18;1-10-5-2-3-7-12(10)20-13-8-4-6-11-9-14(18)17-16(19)15(11)13/h2-8H,1H3,(H,17,19,20);2-8H,9H2,1H3,(H,17,18,19). The highest BCUT2D eigenvalue weighted by molar-refractivity contribution is 6.49. The number of amides is 4. The summed E-state index contributed by atoms with van der Waals surface area (Å²) in [6, 6.07) is 24.8. The van der Waals surface area contributed by atoms with Gasteiger partial charge in [0.15, 0.2) is 0 Å². The number of ether oxygens (including phenoxy) is 2. The Balaban J connectivity index is 0.000000165. The number of carbonyl (C=O) groups is 5. The summed E-state index contributed by atoms with van der Waals surface area (Å²) in [6.07, 6.45) is 0.200. The van der Waals surface area contributed by atoms with Crippen molar-refractivity contribution in [2.45, 2.75) is 20.3 Å². The van der Waals surface area contributed by atoms with Crippen molar-refractivity contribution in [1.29, 1.82) is 0 Å². The lowest BCUT2D eigenvalue weighted by molar-refractivity contribution is -0.119. The molecule has 0 saturated heterocycles. The zero-order valence-corrected chi connectivity index (χ0v) is 22.1. The molecule has 0 radical (unpaired) electrons. The molecule has 0 aliphatic carbocycles. The summed E-state index contributed by atoms with van der Waals surface area (Å²) >= 11 is 0. The van der Waals surface area contributed by atoms with E-state index in [4.69, 9.17) is 9.47 Å². The van der Waals surface area contributed by atoms with Crippen LogP contribution < -0.4 is 20.1 Å². The van der Waals surface area contributed by atoms with Crippen LogP contribution in [0.4, 0.5) is 0 Å². The van der Waals surface area contributed by atoms with Crippen molar-refractivity contribution >= 4 is 29.4 Å². The number of aryl methyl sites for hydroxylation is 2. The second-order valence-electron chi connectivity index (χ2n) is 9.37. The quantitative estimate of drug-likeness (QED) is 0.276. The van der Waals surface area contributed by atoms with Crippen molar-refractivity contribution in [1.82, 2.24) is 10.6 Å². The lowest BCUT2D eigenvalue weighted by atomic mass is 9.98. The molecule has 6 rings (SSSR count). The van der Waals surface area contributed by atoms with Gasteiger partial charge in [-0.1, -0.05) is 54.6 Å². The Hall–Kier alpha value is -5.57. The summed E-state index contributed by atoms with van der Waals surface area (Å²) in [4.78, 5) is 58.5. The number of imide groups is 2. The number of rotatable bonds is 4. The van der Waals surface area contributed by atoms with E-state index in [1.165, 1.54) is 6.07 Å². The first-order valence-corrected chi connectivity index (χ1v) is 12.7. The molecular weight excluding hydrogens is 524 g/mol. The van der Waals surface area contributed by atoms with Gasteiger partial charge < -0.3 is 9.47 Å². The van der Waals surface area contributed by atoms with Crippen molar-refractivity contribution in [2.75, 3.05) is 0 Å². The molecule has 0 unspecified atom stereocenters. The summed E-state index contributed by atoms with van der Waals surface area (Å²) < 4.78 is 11.6. The fraction of sp³-hybridized carbons (Fsp3) is 0.0938. The number of benzene rings is 4. The van der Waals surface area contributed by atoms with Gasteiger partial charge in [0.1, 0.15) is 23.0 Å². The first-order valence-electron chi connectivity index (χ1n) is 12.7. The lowest BCUT2D eigenvalue weighted by Gasteiger charge is -2.19. The molecule has 9 nitrogen and oxygen atoms in total. The van der Waals surface area contributed by atoms with Crippen LogP contribution in [0.3, 0.4) is 0 Å². The highest BCUT2D eigenvalue weighted by Crippen LogP contribution is 2.32. The van der Waals surface area contributed by atoms with Crippen LogP contribution in [0.15, 0.2) is 84.9 Å². The molecule has 41 heavy (non-hydrogen) atoms. The van der Waals surface area contributed by atoms with Crippen LogP contribution >= 0.6 is 0 Å². The fourth-order valence-corrected chi connectivity index (χ4v) is 4.44. The van der Waals surface area contributed by atoms with E-state index in [-0.39, 0.29) is 29.2 Å². The molecule has 0 aromatic heterocycles. The highest BCUT2D eigenvalue weighted by atomic mass is 16.5. The number of carbonyl (C=O) groups excluding carboxylic acids is 5. The minimum Gasteiger partial charge on any atom is -0.456 e. The molecule has 2 N–H and O–H groups in total. The molecule has 0 fully saturated rings. The maximum atomic E-state index is 12.0. The predicted octanol–water partition coefficient (Wildman–Crippen LogP) is 4.84. The van der Waals surface area contributed by atoms with Gasteiger partial charge in [-0.05, 0) is 60.9 Å². The van der Waals surface area contributed by atoms with Crippen LogP contribution in [0.2, 0.25) is 0 Å². The van der Waals surface area contributed by atoms with Gasteiger partial charge in [-0.3, -0.25) is 34.6 Å². The second-order valence-corrected chi connectivity index (χ2v) is 9.37. The Labute approximate surface area is 235 Å². The Morgan fingerprint density at radius 1 is 0.537 bits per heavy atom. The lowest BCUT2D eigenvalue weighted by Crippen LogP contribution is -2.42. The minimum absolute atomic E-state index is 0.0647. The van der Waals surface area contributed by atoms with E-state index >= 15 is 0 Å². The fourth-order valence-electron chi connectivity index (χ4n) is 4.44. The SMILES string of the molecule is Cc1ccccc1Oc1cccc2c1C(=O)NC(=O)C2.Cc1ccccc1Oc1cccc2c1C(=O)NC(=O)C2=O. The molecule has 204 valence electrons. The second kappa shape index (κ2) is 11.3. The van der Waals surface area contributed by atoms with Crippen LogP contribution in [0.5, 0.6) is 23.0 Å². The van der Waals surface area contributed by atoms with E-state index in [1.807, 2.05) is 61.6 Å². The third-order valence-electron chi connectivity index (χ3n) is 6.50. The number of Topliss-reactive ketones (excluding diaryl/α,β-unsaturated/α-hetero) is 1. The van der Waals surface area contributed by atoms with Gasteiger partial charge in [-0.2, -0.15) is 0 Å². The molecule has 0 atom stereocenters. The molecule has 4 amide bonds. The van der Waals surface area contributed by atoms with E-state index < -0.39 is 23.5 Å². The van der Waals surface area contributed by atoms with Gasteiger partial charge in [-0.25, -0.2) is 0 Å². The molecular formula is C32H24N2O7. The van der Waals surface area contributed by atoms with Crippen LogP contribution in [-0.2, 0) is 16.0 Å². The molecule has 4 aromatic rings. The summed E-state index contributed by atoms with van der Waals surface area (Å²) in [5, 5.41) is 4.34. The van der Waals surface area contributed by atoms with Gasteiger partial charge in [-0.15, -0.1) is 0 Å². The van der Waals surface area contributed by atoms with E-state index in [0.29, 0.717) is 28.4 Å². The van der Waals surface area contributed by atoms with E-state index in [1.54, 1.807) is 36.4 Å². The molecule has 2 aliphatic rings. The number of para-hydroxylation sites is 2. The molecule has 0 spiro atoms. The third kappa shape index (κ3) is 5.60. The van der Waals surface area contributed by atoms with Crippen molar-refractivity contribution in [2.24, 2.45) is 0 Å². The van der Waals surface area contributed by atoms with Crippen LogP contribution in [0.1, 0.15) is 47.8 Å². The molecule has 0 saturated carbocycles. The monoisotopic (exact) mass is 548 g/mol. The number of fused-ring (bicyclic) bond motifs is 2. The van der Waals surface area contributed by atoms with Crippen LogP contribution in [0, 0.1) is 13.8 Å². The normalized spacial score (nSPS) is 13.7. The van der Waals surface area contributed by atoms with Crippen molar-refractivity contribution < 1.29 is 33.4 Å². The number of nitrogens with one attached hydrogen (secondary N) is 2. The summed E-state index contributed by atoms with van der Waals surface area (Å²) in [5.41, 5.74) is 3.17. The van der Waals surface area contributed by atoms with Gasteiger partial charge in [0, 0.05) is 5.56 Å². The van der Waals surface area contributed by atoms with Gasteiger partial charge in [0.2, 0.25) is 5.91 Å². The molecule has 2 heterocycles. The number of hydrogen-bond donors (Lipinski definition) is 2. The average Bonchev–Trinajstić information content (AvgIpc) is 2.94. The zero-order valence-electron chi connectivity index (χ0n) is 22.1.